The first-order chi connectivity index (χ1) is 12.0. The number of amides is 4. The number of carbonyl (C=O) groups excluding carboxylic acids is 3. The summed E-state index contributed by atoms with van der Waals surface area (Å²) in [6, 6.07) is 9.06. The van der Waals surface area contributed by atoms with Crippen LogP contribution in [0.4, 0.5) is 4.79 Å². The number of nitrogens with one attached hydrogen (secondary N) is 2. The van der Waals surface area contributed by atoms with Crippen LogP contribution in [-0.2, 0) is 16.0 Å². The monoisotopic (exact) mass is 346 g/mol. The maximum atomic E-state index is 12.3. The quantitative estimate of drug-likeness (QED) is 0.818. The maximum Gasteiger partial charge on any atom is 0.321 e. The minimum Gasteiger partial charge on any atom is -0.341 e. The lowest BCUT2D eigenvalue weighted by molar-refractivity contribution is -0.134. The summed E-state index contributed by atoms with van der Waals surface area (Å²) in [5, 5.41) is 4.65. The van der Waals surface area contributed by atoms with Crippen molar-refractivity contribution in [3.05, 3.63) is 35.9 Å². The lowest BCUT2D eigenvalue weighted by Crippen LogP contribution is -2.56. The molecule has 7 heteroatoms. The van der Waals surface area contributed by atoms with Crippen molar-refractivity contribution in [1.82, 2.24) is 20.4 Å². The van der Waals surface area contributed by atoms with Crippen molar-refractivity contribution >= 4 is 17.8 Å². The minimum absolute atomic E-state index is 0.144. The molecule has 1 atom stereocenters. The van der Waals surface area contributed by atoms with Crippen LogP contribution < -0.4 is 10.6 Å². The number of nitrogens with zero attached hydrogens (tertiary/aromatic N) is 2. The second-order valence-corrected chi connectivity index (χ2v) is 6.15. The molecule has 136 valence electrons. The summed E-state index contributed by atoms with van der Waals surface area (Å²) >= 11 is 0. The Kier molecular flexibility index (Phi) is 6.94. The van der Waals surface area contributed by atoms with Crippen molar-refractivity contribution in [2.24, 2.45) is 0 Å². The number of carbonyl (C=O) groups is 3. The van der Waals surface area contributed by atoms with Gasteiger partial charge in [0, 0.05) is 39.6 Å². The second kappa shape index (κ2) is 9.17. The maximum absolute atomic E-state index is 12.3. The van der Waals surface area contributed by atoms with E-state index in [2.05, 4.69) is 10.6 Å². The summed E-state index contributed by atoms with van der Waals surface area (Å²) in [4.78, 5) is 39.4. The Bertz CT molecular complexity index is 598. The predicted octanol–water partition coefficient (Wildman–Crippen LogP) is 0.608. The van der Waals surface area contributed by atoms with E-state index >= 15 is 0 Å². The van der Waals surface area contributed by atoms with E-state index in [0.717, 1.165) is 12.0 Å². The molecule has 1 aromatic rings. The Morgan fingerprint density at radius 3 is 2.32 bits per heavy atom. The van der Waals surface area contributed by atoms with Crippen LogP contribution in [0.5, 0.6) is 0 Å². The van der Waals surface area contributed by atoms with Crippen LogP contribution >= 0.6 is 0 Å². The van der Waals surface area contributed by atoms with E-state index < -0.39 is 12.1 Å². The first kappa shape index (κ1) is 18.9. The lowest BCUT2D eigenvalue weighted by atomic mass is 10.1. The Hall–Kier alpha value is -2.41. The molecule has 1 aliphatic heterocycles. The van der Waals surface area contributed by atoms with E-state index in [1.807, 2.05) is 40.1 Å². The third-order valence-corrected chi connectivity index (χ3v) is 4.53. The van der Waals surface area contributed by atoms with Gasteiger partial charge >= 0.3 is 6.03 Å². The van der Waals surface area contributed by atoms with Crippen LogP contribution in [0.3, 0.4) is 0 Å². The molecule has 0 aliphatic carbocycles. The van der Waals surface area contributed by atoms with Crippen LogP contribution in [0, 0.1) is 0 Å². The fourth-order valence-electron chi connectivity index (χ4n) is 2.86. The molecule has 0 aromatic heterocycles. The van der Waals surface area contributed by atoms with Gasteiger partial charge in [-0.05, 0) is 18.9 Å². The van der Waals surface area contributed by atoms with E-state index in [-0.39, 0.29) is 11.8 Å². The highest BCUT2D eigenvalue weighted by Gasteiger charge is 2.27. The van der Waals surface area contributed by atoms with E-state index in [9.17, 15) is 14.4 Å². The van der Waals surface area contributed by atoms with E-state index in [0.29, 0.717) is 32.6 Å². The Morgan fingerprint density at radius 2 is 1.72 bits per heavy atom. The van der Waals surface area contributed by atoms with Gasteiger partial charge < -0.3 is 10.2 Å². The van der Waals surface area contributed by atoms with Gasteiger partial charge in [-0.25, -0.2) is 4.79 Å². The second-order valence-electron chi connectivity index (χ2n) is 6.15. The van der Waals surface area contributed by atoms with Crippen molar-refractivity contribution < 1.29 is 14.4 Å². The first-order valence-corrected chi connectivity index (χ1v) is 8.59. The fraction of sp³-hybridized carbons (Fsp3) is 0.500. The SMILES string of the molecule is CNC(=O)NC(=O)[C@H](C)N1CCN(C(=O)CCc2ccccc2)CC1. The zero-order valence-electron chi connectivity index (χ0n) is 14.8. The van der Waals surface area contributed by atoms with Crippen LogP contribution in [0.25, 0.3) is 0 Å². The molecule has 2 N–H and O–H groups in total. The summed E-state index contributed by atoms with van der Waals surface area (Å²) in [6.45, 7) is 4.22. The average Bonchev–Trinajstić information content (AvgIpc) is 2.66. The highest BCUT2D eigenvalue weighted by atomic mass is 16.2. The van der Waals surface area contributed by atoms with Gasteiger partial charge in [-0.3, -0.25) is 19.8 Å². The summed E-state index contributed by atoms with van der Waals surface area (Å²) in [7, 11) is 1.47. The summed E-state index contributed by atoms with van der Waals surface area (Å²) in [5.74, 6) is -0.186. The van der Waals surface area contributed by atoms with Gasteiger partial charge in [0.2, 0.25) is 11.8 Å². The van der Waals surface area contributed by atoms with Gasteiger partial charge in [0.15, 0.2) is 0 Å². The van der Waals surface area contributed by atoms with Gasteiger partial charge in [-0.15, -0.1) is 0 Å². The summed E-state index contributed by atoms with van der Waals surface area (Å²) in [6.07, 6.45) is 1.24. The molecule has 1 heterocycles. The van der Waals surface area contributed by atoms with Crippen molar-refractivity contribution in [3.8, 4) is 0 Å². The third-order valence-electron chi connectivity index (χ3n) is 4.53. The summed E-state index contributed by atoms with van der Waals surface area (Å²) in [5.41, 5.74) is 1.16. The number of urea groups is 1. The Labute approximate surface area is 148 Å². The highest BCUT2D eigenvalue weighted by molar-refractivity contribution is 5.96. The zero-order chi connectivity index (χ0) is 18.2. The molecule has 25 heavy (non-hydrogen) atoms. The number of hydrogen-bond donors (Lipinski definition) is 2. The van der Waals surface area contributed by atoms with E-state index in [4.69, 9.17) is 0 Å². The van der Waals surface area contributed by atoms with Gasteiger partial charge in [0.1, 0.15) is 0 Å². The molecule has 0 radical (unpaired) electrons. The molecular weight excluding hydrogens is 320 g/mol. The lowest BCUT2D eigenvalue weighted by Gasteiger charge is -2.37. The highest BCUT2D eigenvalue weighted by Crippen LogP contribution is 2.10. The number of hydrogen-bond acceptors (Lipinski definition) is 4. The van der Waals surface area contributed by atoms with E-state index in [1.54, 1.807) is 6.92 Å². The molecule has 0 bridgehead atoms. The van der Waals surface area contributed by atoms with Crippen molar-refractivity contribution in [2.75, 3.05) is 33.2 Å². The van der Waals surface area contributed by atoms with Crippen molar-refractivity contribution in [2.45, 2.75) is 25.8 Å². The van der Waals surface area contributed by atoms with Crippen LogP contribution in [0.1, 0.15) is 18.9 Å². The molecule has 1 fully saturated rings. The normalized spacial score (nSPS) is 16.2. The largest absolute Gasteiger partial charge is 0.341 e. The molecule has 4 amide bonds. The summed E-state index contributed by atoms with van der Waals surface area (Å²) < 4.78 is 0. The van der Waals surface area contributed by atoms with Gasteiger partial charge in [-0.2, -0.15) is 0 Å². The van der Waals surface area contributed by atoms with Gasteiger partial charge in [0.05, 0.1) is 6.04 Å². The number of piperazine rings is 1. The predicted molar refractivity (Wildman–Crippen MR) is 95.0 cm³/mol. The van der Waals surface area contributed by atoms with Crippen LogP contribution in [0.15, 0.2) is 30.3 Å². The van der Waals surface area contributed by atoms with E-state index in [1.165, 1.54) is 7.05 Å². The van der Waals surface area contributed by atoms with Crippen LogP contribution in [-0.4, -0.2) is 66.9 Å². The number of aryl methyl sites for hydroxylation is 1. The zero-order valence-corrected chi connectivity index (χ0v) is 14.8. The fourth-order valence-corrected chi connectivity index (χ4v) is 2.86. The minimum atomic E-state index is -0.508. The molecule has 1 aromatic carbocycles. The molecule has 7 nitrogen and oxygen atoms in total. The van der Waals surface area contributed by atoms with Crippen molar-refractivity contribution in [3.63, 3.8) is 0 Å². The molecule has 0 spiro atoms. The third kappa shape index (κ3) is 5.56. The molecule has 0 unspecified atom stereocenters. The molecule has 2 rings (SSSR count). The number of benzene rings is 1. The smallest absolute Gasteiger partial charge is 0.321 e. The van der Waals surface area contributed by atoms with Gasteiger partial charge in [-0.1, -0.05) is 30.3 Å². The van der Waals surface area contributed by atoms with Gasteiger partial charge in [0.25, 0.3) is 0 Å². The molecule has 0 saturated carbocycles. The Morgan fingerprint density at radius 1 is 1.08 bits per heavy atom. The molecular formula is C18H26N4O3. The topological polar surface area (TPSA) is 81.8 Å². The number of imide groups is 1. The van der Waals surface area contributed by atoms with Crippen LogP contribution in [0.2, 0.25) is 0 Å². The average molecular weight is 346 g/mol. The standard InChI is InChI=1S/C18H26N4O3/c1-14(17(24)20-18(25)19-2)21-10-12-22(13-11-21)16(23)9-8-15-6-4-3-5-7-15/h3-7,14H,8-13H2,1-2H3,(H2,19,20,24,25)/t14-/m0/s1. The Balaban J connectivity index is 1.75. The molecule has 1 aliphatic rings. The number of rotatable bonds is 5. The van der Waals surface area contributed by atoms with Crippen molar-refractivity contribution in [1.29, 1.82) is 0 Å². The molecule has 1 saturated heterocycles. The first-order valence-electron chi connectivity index (χ1n) is 8.59.